The number of amides is 2. The van der Waals surface area contributed by atoms with Crippen molar-refractivity contribution in [1.29, 1.82) is 0 Å². The van der Waals surface area contributed by atoms with Crippen LogP contribution in [0.15, 0.2) is 48.5 Å². The number of anilines is 1. The van der Waals surface area contributed by atoms with Crippen LogP contribution >= 0.6 is 0 Å². The zero-order chi connectivity index (χ0) is 18.6. The van der Waals surface area contributed by atoms with Crippen LogP contribution in [-0.4, -0.2) is 37.8 Å². The van der Waals surface area contributed by atoms with E-state index >= 15 is 0 Å². The van der Waals surface area contributed by atoms with Crippen molar-refractivity contribution in [2.24, 2.45) is 0 Å². The fourth-order valence-electron chi connectivity index (χ4n) is 3.75. The average Bonchev–Trinajstić information content (AvgIpc) is 3.15. The van der Waals surface area contributed by atoms with Crippen LogP contribution in [0, 0.1) is 5.82 Å². The van der Waals surface area contributed by atoms with Gasteiger partial charge in [0.2, 0.25) is 0 Å². The molecule has 2 N–H and O–H groups in total. The van der Waals surface area contributed by atoms with Crippen LogP contribution in [-0.2, 0) is 17.8 Å². The van der Waals surface area contributed by atoms with Crippen molar-refractivity contribution in [2.45, 2.75) is 31.6 Å². The summed E-state index contributed by atoms with van der Waals surface area (Å²) in [5.74, 6) is -0.237. The molecule has 4 rings (SSSR count). The van der Waals surface area contributed by atoms with Gasteiger partial charge in [-0.15, -0.1) is 0 Å². The third kappa shape index (κ3) is 4.39. The molecule has 1 fully saturated rings. The smallest absolute Gasteiger partial charge is 0.315 e. The Kier molecular flexibility index (Phi) is 5.25. The molecular weight excluding hydrogens is 345 g/mol. The second kappa shape index (κ2) is 7.96. The molecule has 2 aliphatic heterocycles. The lowest BCUT2D eigenvalue weighted by molar-refractivity contribution is 0.0305. The number of hydrogen-bond donors (Lipinski definition) is 2. The standard InChI is InChI=1S/C21H24FN3O2/c22-17-5-7-19(8-6-17)25-10-9-18(13-25)24-21(26)23-12-20-11-15-3-1-2-4-16(15)14-27-20/h1-8,18,20H,9-14H2,(H2,23,24,26)/t18?,20-/m0/s1. The molecule has 0 aliphatic carbocycles. The van der Waals surface area contributed by atoms with E-state index in [1.807, 2.05) is 12.1 Å². The molecule has 0 radical (unpaired) electrons. The molecule has 0 bridgehead atoms. The van der Waals surface area contributed by atoms with E-state index in [4.69, 9.17) is 4.74 Å². The third-order valence-corrected chi connectivity index (χ3v) is 5.25. The molecule has 0 spiro atoms. The van der Waals surface area contributed by atoms with Gasteiger partial charge in [0.05, 0.1) is 12.7 Å². The fraction of sp³-hybridized carbons (Fsp3) is 0.381. The molecule has 1 unspecified atom stereocenters. The van der Waals surface area contributed by atoms with Gasteiger partial charge >= 0.3 is 6.03 Å². The number of nitrogens with zero attached hydrogens (tertiary/aromatic N) is 1. The van der Waals surface area contributed by atoms with Crippen LogP contribution in [0.5, 0.6) is 0 Å². The van der Waals surface area contributed by atoms with Crippen LogP contribution in [0.1, 0.15) is 17.5 Å². The molecule has 2 amide bonds. The van der Waals surface area contributed by atoms with E-state index in [9.17, 15) is 9.18 Å². The highest BCUT2D eigenvalue weighted by Gasteiger charge is 2.25. The largest absolute Gasteiger partial charge is 0.371 e. The molecule has 0 saturated carbocycles. The monoisotopic (exact) mass is 369 g/mol. The first-order chi connectivity index (χ1) is 13.2. The molecule has 142 valence electrons. The van der Waals surface area contributed by atoms with E-state index in [-0.39, 0.29) is 24.0 Å². The van der Waals surface area contributed by atoms with Crippen molar-refractivity contribution in [2.75, 3.05) is 24.5 Å². The van der Waals surface area contributed by atoms with Crippen molar-refractivity contribution in [3.8, 4) is 0 Å². The van der Waals surface area contributed by atoms with Crippen LogP contribution in [0.4, 0.5) is 14.9 Å². The number of carbonyl (C=O) groups is 1. The van der Waals surface area contributed by atoms with Crippen molar-refractivity contribution >= 4 is 11.7 Å². The fourth-order valence-corrected chi connectivity index (χ4v) is 3.75. The van der Waals surface area contributed by atoms with Gasteiger partial charge in [-0.2, -0.15) is 0 Å². The van der Waals surface area contributed by atoms with Gasteiger partial charge in [0.25, 0.3) is 0 Å². The number of ether oxygens (including phenoxy) is 1. The number of rotatable bonds is 4. The SMILES string of the molecule is O=C(NC[C@@H]1Cc2ccccc2CO1)NC1CCN(c2ccc(F)cc2)C1. The summed E-state index contributed by atoms with van der Waals surface area (Å²) in [5.41, 5.74) is 3.50. The number of hydrogen-bond acceptors (Lipinski definition) is 3. The maximum atomic E-state index is 13.0. The molecule has 2 aromatic carbocycles. The summed E-state index contributed by atoms with van der Waals surface area (Å²) in [6.07, 6.45) is 1.70. The van der Waals surface area contributed by atoms with Gasteiger partial charge in [0.1, 0.15) is 5.82 Å². The second-order valence-corrected chi connectivity index (χ2v) is 7.17. The maximum Gasteiger partial charge on any atom is 0.315 e. The number of carbonyl (C=O) groups excluding carboxylic acids is 1. The molecule has 0 aromatic heterocycles. The number of nitrogens with one attached hydrogen (secondary N) is 2. The molecule has 5 nitrogen and oxygen atoms in total. The Bertz CT molecular complexity index is 796. The van der Waals surface area contributed by atoms with Gasteiger partial charge in [0.15, 0.2) is 0 Å². The molecule has 1 saturated heterocycles. The Balaban J connectivity index is 1.22. The Morgan fingerprint density at radius 2 is 1.93 bits per heavy atom. The summed E-state index contributed by atoms with van der Waals surface area (Å²) >= 11 is 0. The summed E-state index contributed by atoms with van der Waals surface area (Å²) in [7, 11) is 0. The number of benzene rings is 2. The summed E-state index contributed by atoms with van der Waals surface area (Å²) in [6.45, 7) is 2.67. The number of halogens is 1. The molecule has 2 heterocycles. The first-order valence-electron chi connectivity index (χ1n) is 9.40. The quantitative estimate of drug-likeness (QED) is 0.871. The number of urea groups is 1. The van der Waals surface area contributed by atoms with E-state index in [0.717, 1.165) is 31.6 Å². The Morgan fingerprint density at radius 1 is 1.15 bits per heavy atom. The van der Waals surface area contributed by atoms with Crippen LogP contribution in [0.2, 0.25) is 0 Å². The lowest BCUT2D eigenvalue weighted by atomic mass is 9.99. The summed E-state index contributed by atoms with van der Waals surface area (Å²) in [5, 5.41) is 5.96. The maximum absolute atomic E-state index is 13.0. The Morgan fingerprint density at radius 3 is 2.74 bits per heavy atom. The minimum atomic E-state index is -0.237. The first-order valence-corrected chi connectivity index (χ1v) is 9.40. The summed E-state index contributed by atoms with van der Waals surface area (Å²) < 4.78 is 18.9. The molecule has 6 heteroatoms. The van der Waals surface area contributed by atoms with E-state index in [1.54, 1.807) is 12.1 Å². The highest BCUT2D eigenvalue weighted by Crippen LogP contribution is 2.21. The third-order valence-electron chi connectivity index (χ3n) is 5.25. The molecule has 2 atom stereocenters. The van der Waals surface area contributed by atoms with E-state index in [2.05, 4.69) is 27.7 Å². The highest BCUT2D eigenvalue weighted by molar-refractivity contribution is 5.74. The minimum absolute atomic E-state index is 0.00458. The molecule has 2 aliphatic rings. The Labute approximate surface area is 158 Å². The average molecular weight is 369 g/mol. The zero-order valence-corrected chi connectivity index (χ0v) is 15.2. The van der Waals surface area contributed by atoms with Crippen molar-refractivity contribution in [3.05, 3.63) is 65.5 Å². The topological polar surface area (TPSA) is 53.6 Å². The highest BCUT2D eigenvalue weighted by atomic mass is 19.1. The van der Waals surface area contributed by atoms with Crippen LogP contribution in [0.25, 0.3) is 0 Å². The van der Waals surface area contributed by atoms with Gasteiger partial charge in [-0.3, -0.25) is 0 Å². The van der Waals surface area contributed by atoms with Gasteiger partial charge < -0.3 is 20.3 Å². The van der Waals surface area contributed by atoms with Gasteiger partial charge in [-0.25, -0.2) is 9.18 Å². The predicted octanol–water partition coefficient (Wildman–Crippen LogP) is 2.85. The molecule has 27 heavy (non-hydrogen) atoms. The first kappa shape index (κ1) is 17.8. The van der Waals surface area contributed by atoms with E-state index in [1.165, 1.54) is 23.3 Å². The minimum Gasteiger partial charge on any atom is -0.371 e. The van der Waals surface area contributed by atoms with E-state index in [0.29, 0.717) is 13.2 Å². The van der Waals surface area contributed by atoms with E-state index < -0.39 is 0 Å². The normalized spacial score (nSPS) is 21.6. The number of fused-ring (bicyclic) bond motifs is 1. The lowest BCUT2D eigenvalue weighted by Crippen LogP contribution is -2.46. The van der Waals surface area contributed by atoms with Crippen LogP contribution < -0.4 is 15.5 Å². The van der Waals surface area contributed by atoms with Crippen molar-refractivity contribution < 1.29 is 13.9 Å². The van der Waals surface area contributed by atoms with Gasteiger partial charge in [-0.1, -0.05) is 24.3 Å². The Hall–Kier alpha value is -2.60. The lowest BCUT2D eigenvalue weighted by Gasteiger charge is -2.25. The second-order valence-electron chi connectivity index (χ2n) is 7.17. The van der Waals surface area contributed by atoms with Crippen molar-refractivity contribution in [1.82, 2.24) is 10.6 Å². The molecular formula is C21H24FN3O2. The van der Waals surface area contributed by atoms with Crippen molar-refractivity contribution in [3.63, 3.8) is 0 Å². The van der Waals surface area contributed by atoms with Crippen LogP contribution in [0.3, 0.4) is 0 Å². The summed E-state index contributed by atoms with van der Waals surface area (Å²) in [6, 6.07) is 14.7. The van der Waals surface area contributed by atoms with Gasteiger partial charge in [0, 0.05) is 37.8 Å². The predicted molar refractivity (Wildman–Crippen MR) is 102 cm³/mol. The summed E-state index contributed by atoms with van der Waals surface area (Å²) in [4.78, 5) is 14.4. The zero-order valence-electron chi connectivity index (χ0n) is 15.2. The molecule has 2 aromatic rings. The van der Waals surface area contributed by atoms with Gasteiger partial charge in [-0.05, 0) is 41.8 Å².